The van der Waals surface area contributed by atoms with Gasteiger partial charge in [0, 0.05) is 22.1 Å². The van der Waals surface area contributed by atoms with Crippen LogP contribution in [-0.4, -0.2) is 8.42 Å². The predicted octanol–water partition coefficient (Wildman–Crippen LogP) is 4.22. The summed E-state index contributed by atoms with van der Waals surface area (Å²) in [5.41, 5.74) is 7.28. The van der Waals surface area contributed by atoms with E-state index in [1.165, 1.54) is 17.4 Å². The van der Waals surface area contributed by atoms with Crippen LogP contribution in [0, 0.1) is 5.92 Å². The van der Waals surface area contributed by atoms with E-state index >= 15 is 0 Å². The number of halogens is 1. The zero-order valence-electron chi connectivity index (χ0n) is 13.3. The number of nitrogen functional groups attached to an aromatic ring is 1. The van der Waals surface area contributed by atoms with E-state index in [1.54, 1.807) is 18.2 Å². The van der Waals surface area contributed by atoms with Gasteiger partial charge in [-0.3, -0.25) is 0 Å². The Balaban J connectivity index is 2.20. The lowest BCUT2D eigenvalue weighted by Crippen LogP contribution is -2.22. The van der Waals surface area contributed by atoms with Gasteiger partial charge in [-0.25, -0.2) is 13.1 Å². The fraction of sp³-hybridized carbons (Fsp3) is 0.375. The number of nitrogens with two attached hydrogens (primary N) is 1. The minimum Gasteiger partial charge on any atom is -0.398 e. The van der Waals surface area contributed by atoms with Crippen molar-refractivity contribution in [1.29, 1.82) is 0 Å². The molecule has 0 aliphatic carbocycles. The van der Waals surface area contributed by atoms with Crippen molar-refractivity contribution in [3.63, 3.8) is 0 Å². The summed E-state index contributed by atoms with van der Waals surface area (Å²) < 4.78 is 27.8. The number of rotatable bonds is 6. The molecule has 0 aliphatic heterocycles. The van der Waals surface area contributed by atoms with E-state index in [-0.39, 0.29) is 16.7 Å². The lowest BCUT2D eigenvalue weighted by molar-refractivity contribution is 0.543. The van der Waals surface area contributed by atoms with E-state index in [0.717, 1.165) is 10.4 Å². The maximum atomic E-state index is 12.5. The lowest BCUT2D eigenvalue weighted by atomic mass is 9.96. The fourth-order valence-corrected chi connectivity index (χ4v) is 4.97. The molecule has 0 amide bonds. The number of anilines is 1. The second kappa shape index (κ2) is 7.21. The van der Waals surface area contributed by atoms with Gasteiger partial charge in [-0.1, -0.05) is 50.6 Å². The average Bonchev–Trinajstić information content (AvgIpc) is 2.88. The van der Waals surface area contributed by atoms with Crippen LogP contribution in [0.25, 0.3) is 0 Å². The first kappa shape index (κ1) is 18.3. The summed E-state index contributed by atoms with van der Waals surface area (Å²) in [7, 11) is -3.61. The van der Waals surface area contributed by atoms with Crippen molar-refractivity contribution in [3.05, 3.63) is 45.8 Å². The van der Waals surface area contributed by atoms with E-state index in [2.05, 4.69) is 25.5 Å². The smallest absolute Gasteiger partial charge is 0.250 e. The normalized spacial score (nSPS) is 13.4. The van der Waals surface area contributed by atoms with Crippen LogP contribution < -0.4 is 10.5 Å². The van der Waals surface area contributed by atoms with Gasteiger partial charge in [0.15, 0.2) is 0 Å². The number of benzene rings is 1. The van der Waals surface area contributed by atoms with Crippen LogP contribution in [0.5, 0.6) is 0 Å². The van der Waals surface area contributed by atoms with Gasteiger partial charge in [0.25, 0.3) is 0 Å². The van der Waals surface area contributed by atoms with Gasteiger partial charge >= 0.3 is 0 Å². The molecule has 23 heavy (non-hydrogen) atoms. The van der Waals surface area contributed by atoms with Gasteiger partial charge in [-0.05, 0) is 29.5 Å². The summed E-state index contributed by atoms with van der Waals surface area (Å²) >= 11 is 7.29. The Morgan fingerprint density at radius 1 is 1.26 bits per heavy atom. The van der Waals surface area contributed by atoms with E-state index in [4.69, 9.17) is 17.3 Å². The summed E-state index contributed by atoms with van der Waals surface area (Å²) in [6.07, 6.45) is 0. The van der Waals surface area contributed by atoms with E-state index in [9.17, 15) is 8.42 Å². The van der Waals surface area contributed by atoms with Gasteiger partial charge in [0.1, 0.15) is 4.21 Å². The zero-order valence-corrected chi connectivity index (χ0v) is 15.7. The molecule has 126 valence electrons. The summed E-state index contributed by atoms with van der Waals surface area (Å²) in [6.45, 7) is 6.39. The van der Waals surface area contributed by atoms with Crippen molar-refractivity contribution >= 4 is 38.6 Å². The Morgan fingerprint density at radius 2 is 1.91 bits per heavy atom. The summed E-state index contributed by atoms with van der Waals surface area (Å²) in [5, 5.41) is 0.537. The highest BCUT2D eigenvalue weighted by molar-refractivity contribution is 7.91. The Bertz CT molecular complexity index is 785. The topological polar surface area (TPSA) is 72.2 Å². The Labute approximate surface area is 146 Å². The van der Waals surface area contributed by atoms with Crippen LogP contribution in [-0.2, 0) is 16.6 Å². The minimum atomic E-state index is -3.61. The Kier molecular flexibility index (Phi) is 5.73. The van der Waals surface area contributed by atoms with Crippen LogP contribution in [0.4, 0.5) is 5.69 Å². The molecule has 1 unspecified atom stereocenters. The summed E-state index contributed by atoms with van der Waals surface area (Å²) in [4.78, 5) is 0.915. The number of hydrogen-bond donors (Lipinski definition) is 2. The molecule has 7 heteroatoms. The van der Waals surface area contributed by atoms with Crippen LogP contribution in [0.1, 0.15) is 37.1 Å². The van der Waals surface area contributed by atoms with Crippen LogP contribution in [0.2, 0.25) is 5.02 Å². The van der Waals surface area contributed by atoms with Gasteiger partial charge in [-0.2, -0.15) is 0 Å². The number of nitrogens with one attached hydrogen (secondary N) is 1. The predicted molar refractivity (Wildman–Crippen MR) is 97.5 cm³/mol. The standard InChI is InChI=1S/C16H21ClN2O2S2/c1-10(2)11(3)16-14(18)8-15(22-16)23(20,21)19-9-12-6-4-5-7-13(12)17/h4-8,10-11,19H,9,18H2,1-3H3. The van der Waals surface area contributed by atoms with E-state index < -0.39 is 10.0 Å². The molecule has 0 saturated carbocycles. The van der Waals surface area contributed by atoms with Crippen LogP contribution in [0.3, 0.4) is 0 Å². The van der Waals surface area contributed by atoms with Crippen molar-refractivity contribution in [1.82, 2.24) is 4.72 Å². The highest BCUT2D eigenvalue weighted by Gasteiger charge is 2.23. The molecule has 1 atom stereocenters. The number of hydrogen-bond acceptors (Lipinski definition) is 4. The summed E-state index contributed by atoms with van der Waals surface area (Å²) in [5.74, 6) is 0.607. The van der Waals surface area contributed by atoms with Crippen molar-refractivity contribution < 1.29 is 8.42 Å². The molecule has 0 fully saturated rings. The molecule has 4 nitrogen and oxygen atoms in total. The summed E-state index contributed by atoms with van der Waals surface area (Å²) in [6, 6.07) is 8.69. The monoisotopic (exact) mass is 372 g/mol. The second-order valence-corrected chi connectivity index (χ2v) is 9.32. The fourth-order valence-electron chi connectivity index (χ4n) is 2.07. The van der Waals surface area contributed by atoms with Crippen molar-refractivity contribution in [2.45, 2.75) is 37.4 Å². The molecule has 0 saturated heterocycles. The van der Waals surface area contributed by atoms with Gasteiger partial charge in [0.05, 0.1) is 0 Å². The average molecular weight is 373 g/mol. The van der Waals surface area contributed by atoms with Crippen molar-refractivity contribution in [3.8, 4) is 0 Å². The molecular weight excluding hydrogens is 352 g/mol. The van der Waals surface area contributed by atoms with Gasteiger partial charge < -0.3 is 5.73 Å². The molecule has 2 aromatic rings. The Morgan fingerprint density at radius 3 is 2.52 bits per heavy atom. The maximum Gasteiger partial charge on any atom is 0.250 e. The van der Waals surface area contributed by atoms with E-state index in [0.29, 0.717) is 16.6 Å². The van der Waals surface area contributed by atoms with Gasteiger partial charge in [-0.15, -0.1) is 11.3 Å². The maximum absolute atomic E-state index is 12.5. The highest BCUT2D eigenvalue weighted by Crippen LogP contribution is 2.37. The Hall–Kier alpha value is -1.08. The zero-order chi connectivity index (χ0) is 17.2. The van der Waals surface area contributed by atoms with Crippen LogP contribution in [0.15, 0.2) is 34.5 Å². The van der Waals surface area contributed by atoms with Crippen molar-refractivity contribution in [2.75, 3.05) is 5.73 Å². The SMILES string of the molecule is CC(C)C(C)c1sc(S(=O)(=O)NCc2ccccc2Cl)cc1N. The number of thiophene rings is 1. The second-order valence-electron chi connectivity index (χ2n) is 5.83. The third-order valence-electron chi connectivity index (χ3n) is 3.86. The first-order valence-electron chi connectivity index (χ1n) is 7.34. The molecular formula is C16H21ClN2O2S2. The molecule has 0 radical (unpaired) electrons. The molecule has 2 rings (SSSR count). The first-order valence-corrected chi connectivity index (χ1v) is 10.0. The quantitative estimate of drug-likeness (QED) is 0.797. The molecule has 3 N–H and O–H groups in total. The van der Waals surface area contributed by atoms with Crippen LogP contribution >= 0.6 is 22.9 Å². The molecule has 1 heterocycles. The minimum absolute atomic E-state index is 0.148. The molecule has 0 bridgehead atoms. The number of sulfonamides is 1. The lowest BCUT2D eigenvalue weighted by Gasteiger charge is -2.14. The van der Waals surface area contributed by atoms with Crippen molar-refractivity contribution in [2.24, 2.45) is 5.92 Å². The molecule has 0 aliphatic rings. The first-order chi connectivity index (χ1) is 10.7. The van der Waals surface area contributed by atoms with E-state index in [1.807, 2.05) is 6.07 Å². The third kappa shape index (κ3) is 4.26. The molecule has 1 aromatic carbocycles. The molecule has 1 aromatic heterocycles. The molecule has 0 spiro atoms. The highest BCUT2D eigenvalue weighted by atomic mass is 35.5. The largest absolute Gasteiger partial charge is 0.398 e. The van der Waals surface area contributed by atoms with Gasteiger partial charge in [0.2, 0.25) is 10.0 Å². The third-order valence-corrected chi connectivity index (χ3v) is 7.45.